The minimum absolute atomic E-state index is 0.0732. The van der Waals surface area contributed by atoms with Crippen molar-refractivity contribution in [2.75, 3.05) is 0 Å². The van der Waals surface area contributed by atoms with Crippen LogP contribution in [0.3, 0.4) is 0 Å². The summed E-state index contributed by atoms with van der Waals surface area (Å²) in [6.45, 7) is 5.97. The molecule has 0 radical (unpaired) electrons. The summed E-state index contributed by atoms with van der Waals surface area (Å²) in [7, 11) is -1.17. The predicted octanol–water partition coefficient (Wildman–Crippen LogP) is 2.52. The molecule has 1 unspecified atom stereocenters. The lowest BCUT2D eigenvalue weighted by atomic mass is 10.4. The van der Waals surface area contributed by atoms with Crippen molar-refractivity contribution in [2.24, 2.45) is 0 Å². The first-order chi connectivity index (χ1) is 6.12. The van der Waals surface area contributed by atoms with Gasteiger partial charge in [-0.1, -0.05) is 37.7 Å². The highest BCUT2D eigenvalue weighted by molar-refractivity contribution is 6.85. The Morgan fingerprint density at radius 2 is 2.15 bits per heavy atom. The van der Waals surface area contributed by atoms with E-state index in [2.05, 4.69) is 25.6 Å². The predicted molar refractivity (Wildman–Crippen MR) is 56.2 cm³/mol. The second kappa shape index (κ2) is 4.09. The van der Waals surface area contributed by atoms with Crippen LogP contribution in [0.4, 0.5) is 0 Å². The molecule has 1 aliphatic heterocycles. The van der Waals surface area contributed by atoms with Crippen LogP contribution >= 0.6 is 0 Å². The molecule has 0 spiro atoms. The summed E-state index contributed by atoms with van der Waals surface area (Å²) < 4.78 is 5.18. The second-order valence-electron chi connectivity index (χ2n) is 3.78. The van der Waals surface area contributed by atoms with Crippen LogP contribution in [0, 0.1) is 0 Å². The van der Waals surface area contributed by atoms with Gasteiger partial charge in [0, 0.05) is 6.92 Å². The minimum Gasteiger partial charge on any atom is -0.459 e. The highest BCUT2D eigenvalue weighted by Crippen LogP contribution is 2.31. The topological polar surface area (TPSA) is 26.3 Å². The Hall–Kier alpha value is -0.573. The molecule has 1 heterocycles. The molecular formula is C10H18O2Si. The fourth-order valence-electron chi connectivity index (χ4n) is 1.92. The van der Waals surface area contributed by atoms with Gasteiger partial charge in [0.25, 0.3) is 0 Å². The zero-order valence-electron chi connectivity index (χ0n) is 8.67. The van der Waals surface area contributed by atoms with E-state index in [1.807, 2.05) is 0 Å². The molecule has 0 aromatic carbocycles. The summed E-state index contributed by atoms with van der Waals surface area (Å²) in [4.78, 5) is 10.7. The lowest BCUT2D eigenvalue weighted by molar-refractivity contribution is -0.143. The van der Waals surface area contributed by atoms with Crippen LogP contribution in [-0.2, 0) is 9.53 Å². The van der Waals surface area contributed by atoms with E-state index in [1.54, 1.807) is 0 Å². The van der Waals surface area contributed by atoms with Gasteiger partial charge in [-0.2, -0.15) is 0 Å². The van der Waals surface area contributed by atoms with Gasteiger partial charge in [-0.3, -0.25) is 4.79 Å². The Balaban J connectivity index is 2.53. The number of hydrogen-bond acceptors (Lipinski definition) is 2. The molecule has 0 aliphatic carbocycles. The maximum absolute atomic E-state index is 10.7. The van der Waals surface area contributed by atoms with Crippen molar-refractivity contribution in [3.8, 4) is 0 Å². The minimum atomic E-state index is -1.17. The molecule has 0 fully saturated rings. The van der Waals surface area contributed by atoms with Crippen molar-refractivity contribution in [3.05, 3.63) is 11.8 Å². The number of rotatable bonds is 3. The second-order valence-corrected chi connectivity index (χ2v) is 8.66. The van der Waals surface area contributed by atoms with Crippen LogP contribution in [0.25, 0.3) is 0 Å². The molecule has 0 saturated carbocycles. The van der Waals surface area contributed by atoms with Crippen LogP contribution in [0.15, 0.2) is 11.8 Å². The number of hydrogen-bond donors (Lipinski definition) is 0. The van der Waals surface area contributed by atoms with Crippen molar-refractivity contribution >= 4 is 14.0 Å². The number of carbonyl (C=O) groups excluding carboxylic acids is 1. The average molecular weight is 198 g/mol. The fraction of sp³-hybridized carbons (Fsp3) is 0.700. The van der Waals surface area contributed by atoms with Crippen molar-refractivity contribution in [2.45, 2.75) is 45.0 Å². The van der Waals surface area contributed by atoms with Crippen LogP contribution < -0.4 is 0 Å². The van der Waals surface area contributed by atoms with Crippen LogP contribution in [0.1, 0.15) is 20.8 Å². The summed E-state index contributed by atoms with van der Waals surface area (Å²) in [6, 6.07) is 3.62. The van der Waals surface area contributed by atoms with Crippen LogP contribution in [0.5, 0.6) is 0 Å². The first kappa shape index (κ1) is 10.5. The summed E-state index contributed by atoms with van der Waals surface area (Å²) in [6.07, 6.45) is 2.16. The van der Waals surface area contributed by atoms with Crippen molar-refractivity contribution in [1.29, 1.82) is 0 Å². The molecule has 0 aromatic rings. The van der Waals surface area contributed by atoms with Crippen LogP contribution in [-0.4, -0.2) is 20.1 Å². The van der Waals surface area contributed by atoms with E-state index in [1.165, 1.54) is 19.0 Å². The Morgan fingerprint density at radius 1 is 1.54 bits per heavy atom. The Morgan fingerprint density at radius 3 is 2.54 bits per heavy atom. The molecule has 13 heavy (non-hydrogen) atoms. The van der Waals surface area contributed by atoms with Crippen molar-refractivity contribution in [3.63, 3.8) is 0 Å². The van der Waals surface area contributed by atoms with Gasteiger partial charge in [0.15, 0.2) is 0 Å². The standard InChI is InChI=1S/C10H18O2Si/c1-4-13(5-2)7-6-10(8-13)12-9(3)11/h6-7,10H,4-5,8H2,1-3H3. The smallest absolute Gasteiger partial charge is 0.303 e. The van der Waals surface area contributed by atoms with Gasteiger partial charge in [-0.05, 0) is 6.04 Å². The first-order valence-corrected chi connectivity index (χ1v) is 7.68. The number of esters is 1. The zero-order chi connectivity index (χ0) is 9.90. The molecule has 74 valence electrons. The van der Waals surface area contributed by atoms with Gasteiger partial charge in [0.05, 0.1) is 8.07 Å². The number of ether oxygens (including phenoxy) is 1. The lowest BCUT2D eigenvalue weighted by Gasteiger charge is -2.22. The van der Waals surface area contributed by atoms with Gasteiger partial charge in [0.2, 0.25) is 0 Å². The third-order valence-electron chi connectivity index (χ3n) is 3.00. The first-order valence-electron chi connectivity index (χ1n) is 4.98. The summed E-state index contributed by atoms with van der Waals surface area (Å²) in [5.41, 5.74) is 2.35. The molecule has 1 atom stereocenters. The number of carbonyl (C=O) groups is 1. The van der Waals surface area contributed by atoms with E-state index in [0.29, 0.717) is 0 Å². The molecular weight excluding hydrogens is 180 g/mol. The molecule has 0 aromatic heterocycles. The Labute approximate surface area is 81.0 Å². The molecule has 1 rings (SSSR count). The summed E-state index contributed by atoms with van der Waals surface area (Å²) >= 11 is 0. The van der Waals surface area contributed by atoms with E-state index < -0.39 is 8.07 Å². The van der Waals surface area contributed by atoms with E-state index in [0.717, 1.165) is 6.04 Å². The molecule has 0 saturated heterocycles. The maximum atomic E-state index is 10.7. The van der Waals surface area contributed by atoms with Gasteiger partial charge in [-0.25, -0.2) is 0 Å². The highest BCUT2D eigenvalue weighted by atomic mass is 28.3. The van der Waals surface area contributed by atoms with E-state index in [-0.39, 0.29) is 12.1 Å². The van der Waals surface area contributed by atoms with Gasteiger partial charge >= 0.3 is 5.97 Å². The third kappa shape index (κ3) is 2.43. The molecule has 2 nitrogen and oxygen atoms in total. The molecule has 3 heteroatoms. The van der Waals surface area contributed by atoms with Gasteiger partial charge in [-0.15, -0.1) is 0 Å². The monoisotopic (exact) mass is 198 g/mol. The molecule has 0 N–H and O–H groups in total. The largest absolute Gasteiger partial charge is 0.459 e. The molecule has 1 aliphatic rings. The van der Waals surface area contributed by atoms with E-state index in [9.17, 15) is 4.79 Å². The van der Waals surface area contributed by atoms with Gasteiger partial charge in [0.1, 0.15) is 6.10 Å². The van der Waals surface area contributed by atoms with Crippen molar-refractivity contribution in [1.82, 2.24) is 0 Å². The van der Waals surface area contributed by atoms with Crippen molar-refractivity contribution < 1.29 is 9.53 Å². The SMILES string of the molecule is CC[Si]1(CC)C=CC(OC(C)=O)C1. The maximum Gasteiger partial charge on any atom is 0.303 e. The average Bonchev–Trinajstić information content (AvgIpc) is 2.48. The fourth-order valence-corrected chi connectivity index (χ4v) is 5.25. The quantitative estimate of drug-likeness (QED) is 0.514. The zero-order valence-corrected chi connectivity index (χ0v) is 9.67. The van der Waals surface area contributed by atoms with Crippen LogP contribution in [0.2, 0.25) is 18.1 Å². The Bertz CT molecular complexity index is 219. The normalized spacial score (nSPS) is 24.7. The van der Waals surface area contributed by atoms with Gasteiger partial charge < -0.3 is 4.74 Å². The van der Waals surface area contributed by atoms with E-state index in [4.69, 9.17) is 4.74 Å². The molecule has 0 bridgehead atoms. The highest BCUT2D eigenvalue weighted by Gasteiger charge is 2.34. The summed E-state index contributed by atoms with van der Waals surface area (Å²) in [5.74, 6) is -0.161. The lowest BCUT2D eigenvalue weighted by Crippen LogP contribution is -2.30. The Kier molecular flexibility index (Phi) is 3.31. The summed E-state index contributed by atoms with van der Waals surface area (Å²) in [5, 5.41) is 0. The molecule has 0 amide bonds. The third-order valence-corrected chi connectivity index (χ3v) is 7.93. The van der Waals surface area contributed by atoms with E-state index >= 15 is 0 Å².